The molecule has 0 saturated heterocycles. The van der Waals surface area contributed by atoms with Crippen LogP contribution < -0.4 is 4.89 Å². The quantitative estimate of drug-likeness (QED) is 0.296. The number of fused-ring (bicyclic) bond motifs is 1. The number of nitrogens with zero attached hydrogens (tertiary/aromatic N) is 4. The Morgan fingerprint density at radius 1 is 1.52 bits per heavy atom. The highest BCUT2D eigenvalue weighted by atomic mass is 17.2. The molecule has 0 bridgehead atoms. The summed E-state index contributed by atoms with van der Waals surface area (Å²) in [7, 11) is 0. The zero-order valence-corrected chi connectivity index (χ0v) is 10.8. The lowest BCUT2D eigenvalue weighted by molar-refractivity contribution is -0.140. The number of carboxylic acids is 1. The molecule has 8 heteroatoms. The summed E-state index contributed by atoms with van der Waals surface area (Å²) in [5.41, 5.74) is 0.971. The Labute approximate surface area is 118 Å². The topological polar surface area (TPSA) is 121 Å². The Balaban J connectivity index is 2.70. The first-order valence-electron chi connectivity index (χ1n) is 5.64. The monoisotopic (exact) mass is 284 g/mol. The molecule has 0 fully saturated rings. The number of carboxylic acid groups (broad SMARTS) is 1. The molecule has 0 aliphatic rings. The van der Waals surface area contributed by atoms with Crippen molar-refractivity contribution in [3.63, 3.8) is 0 Å². The van der Waals surface area contributed by atoms with Gasteiger partial charge in [-0.3, -0.25) is 9.29 Å². The normalized spacial score (nSPS) is 10.7. The molecule has 2 rings (SSSR count). The molecule has 0 atom stereocenters. The molecule has 1 N–H and O–H groups in total. The number of pyridine rings is 1. The minimum atomic E-state index is -1.38. The van der Waals surface area contributed by atoms with E-state index in [1.54, 1.807) is 31.3 Å². The van der Waals surface area contributed by atoms with Gasteiger partial charge in [0.15, 0.2) is 0 Å². The van der Waals surface area contributed by atoms with Crippen LogP contribution in [0.15, 0.2) is 23.9 Å². The summed E-state index contributed by atoms with van der Waals surface area (Å²) < 4.78 is 1.53. The Hall–Kier alpha value is -3.52. The van der Waals surface area contributed by atoms with Crippen molar-refractivity contribution in [1.29, 1.82) is 10.5 Å². The van der Waals surface area contributed by atoms with E-state index in [1.807, 2.05) is 0 Å². The predicted octanol–water partition coefficient (Wildman–Crippen LogP) is 1.43. The van der Waals surface area contributed by atoms with Crippen molar-refractivity contribution < 1.29 is 19.7 Å². The van der Waals surface area contributed by atoms with Crippen LogP contribution in [0.3, 0.4) is 0 Å². The van der Waals surface area contributed by atoms with Crippen LogP contribution in [0.2, 0.25) is 0 Å². The fourth-order valence-electron chi connectivity index (χ4n) is 1.73. The maximum Gasteiger partial charge on any atom is 0.346 e. The van der Waals surface area contributed by atoms with Gasteiger partial charge >= 0.3 is 12.2 Å². The summed E-state index contributed by atoms with van der Waals surface area (Å²) in [5.74, 6) is -1.49. The highest BCUT2D eigenvalue weighted by Crippen LogP contribution is 2.24. The maximum absolute atomic E-state index is 10.9. The predicted molar refractivity (Wildman–Crippen MR) is 68.5 cm³/mol. The second-order valence-corrected chi connectivity index (χ2v) is 3.92. The van der Waals surface area contributed by atoms with Crippen LogP contribution in [0.5, 0.6) is 5.88 Å². The number of imidazole rings is 1. The summed E-state index contributed by atoms with van der Waals surface area (Å²) in [4.78, 5) is 23.9. The van der Waals surface area contributed by atoms with Gasteiger partial charge in [0.1, 0.15) is 23.0 Å². The lowest BCUT2D eigenvalue weighted by Gasteiger charge is -1.99. The van der Waals surface area contributed by atoms with Crippen molar-refractivity contribution in [2.45, 2.75) is 6.92 Å². The van der Waals surface area contributed by atoms with Crippen LogP contribution in [-0.2, 0) is 9.68 Å². The Bertz CT molecular complexity index is 823. The van der Waals surface area contributed by atoms with E-state index in [1.165, 1.54) is 10.7 Å². The minimum absolute atomic E-state index is 0.111. The molecule has 0 aromatic carbocycles. The fourth-order valence-corrected chi connectivity index (χ4v) is 1.73. The summed E-state index contributed by atoms with van der Waals surface area (Å²) >= 11 is 0. The Morgan fingerprint density at radius 2 is 2.29 bits per heavy atom. The SMILES string of the molecule is Cc1cccn2c(C=C(C#N)C(=O)O)c(OOC#N)nc12. The second kappa shape index (κ2) is 5.63. The van der Waals surface area contributed by atoms with E-state index >= 15 is 0 Å². The van der Waals surface area contributed by atoms with Gasteiger partial charge in [-0.25, -0.2) is 9.68 Å². The zero-order valence-electron chi connectivity index (χ0n) is 10.8. The molecule has 0 spiro atoms. The number of aryl methyl sites for hydroxylation is 1. The van der Waals surface area contributed by atoms with E-state index in [0.717, 1.165) is 11.6 Å². The summed E-state index contributed by atoms with van der Waals surface area (Å²) in [6, 6.07) is 5.09. The Morgan fingerprint density at radius 3 is 2.90 bits per heavy atom. The van der Waals surface area contributed by atoms with E-state index in [0.29, 0.717) is 5.65 Å². The van der Waals surface area contributed by atoms with Crippen molar-refractivity contribution in [2.75, 3.05) is 0 Å². The zero-order chi connectivity index (χ0) is 15.4. The summed E-state index contributed by atoms with van der Waals surface area (Å²) in [6.07, 6.45) is 4.04. The van der Waals surface area contributed by atoms with Crippen molar-refractivity contribution in [1.82, 2.24) is 9.38 Å². The van der Waals surface area contributed by atoms with Crippen LogP contribution in [0.4, 0.5) is 0 Å². The highest BCUT2D eigenvalue weighted by molar-refractivity contribution is 5.96. The first kappa shape index (κ1) is 13.9. The van der Waals surface area contributed by atoms with E-state index in [9.17, 15) is 4.79 Å². The van der Waals surface area contributed by atoms with E-state index in [4.69, 9.17) is 20.5 Å². The highest BCUT2D eigenvalue weighted by Gasteiger charge is 2.17. The number of hydrogen-bond donors (Lipinski definition) is 1. The third-order valence-corrected chi connectivity index (χ3v) is 2.64. The molecule has 2 aromatic rings. The molecule has 104 valence electrons. The minimum Gasteiger partial charge on any atom is -0.477 e. The molecule has 0 saturated carbocycles. The van der Waals surface area contributed by atoms with Gasteiger partial charge in [-0.2, -0.15) is 10.2 Å². The first-order chi connectivity index (χ1) is 10.1. The van der Waals surface area contributed by atoms with E-state index in [2.05, 4.69) is 9.87 Å². The third kappa shape index (κ3) is 2.60. The van der Waals surface area contributed by atoms with Gasteiger partial charge in [-0.05, 0) is 24.6 Å². The number of rotatable bonds is 4. The van der Waals surface area contributed by atoms with Crippen molar-refractivity contribution in [3.8, 4) is 18.2 Å². The molecule has 0 unspecified atom stereocenters. The average Bonchev–Trinajstić information content (AvgIpc) is 2.81. The number of carbonyl (C=O) groups is 1. The van der Waals surface area contributed by atoms with Gasteiger partial charge < -0.3 is 5.11 Å². The first-order valence-corrected chi connectivity index (χ1v) is 5.64. The lowest BCUT2D eigenvalue weighted by atomic mass is 10.2. The van der Waals surface area contributed by atoms with Crippen LogP contribution in [0, 0.1) is 29.8 Å². The number of hydrogen-bond acceptors (Lipinski definition) is 6. The fraction of sp³-hybridized carbons (Fsp3) is 0.0769. The molecule has 0 aliphatic heterocycles. The van der Waals surface area contributed by atoms with Crippen LogP contribution in [0.25, 0.3) is 11.7 Å². The molecule has 2 heterocycles. The van der Waals surface area contributed by atoms with E-state index in [-0.39, 0.29) is 11.6 Å². The van der Waals surface area contributed by atoms with Crippen molar-refractivity contribution in [3.05, 3.63) is 35.2 Å². The molecule has 8 nitrogen and oxygen atoms in total. The summed E-state index contributed by atoms with van der Waals surface area (Å²) in [6.45, 7) is 1.80. The van der Waals surface area contributed by atoms with Gasteiger partial charge in [0, 0.05) is 6.20 Å². The summed E-state index contributed by atoms with van der Waals surface area (Å²) in [5, 5.41) is 26.1. The average molecular weight is 284 g/mol. The largest absolute Gasteiger partial charge is 0.477 e. The third-order valence-electron chi connectivity index (χ3n) is 2.64. The molecule has 2 aromatic heterocycles. The maximum atomic E-state index is 10.9. The van der Waals surface area contributed by atoms with Crippen LogP contribution in [0.1, 0.15) is 11.3 Å². The van der Waals surface area contributed by atoms with Gasteiger partial charge in [-0.1, -0.05) is 6.07 Å². The smallest absolute Gasteiger partial charge is 0.346 e. The molecule has 0 amide bonds. The molecule has 0 aliphatic carbocycles. The number of aromatic nitrogens is 2. The number of aliphatic carboxylic acids is 1. The second-order valence-electron chi connectivity index (χ2n) is 3.92. The molecular weight excluding hydrogens is 276 g/mol. The van der Waals surface area contributed by atoms with Crippen molar-refractivity contribution >= 4 is 17.7 Å². The van der Waals surface area contributed by atoms with Gasteiger partial charge in [0.2, 0.25) is 0 Å². The van der Waals surface area contributed by atoms with Gasteiger partial charge in [-0.15, -0.1) is 5.26 Å². The van der Waals surface area contributed by atoms with Crippen molar-refractivity contribution in [2.24, 2.45) is 0 Å². The molecule has 0 radical (unpaired) electrons. The van der Waals surface area contributed by atoms with Gasteiger partial charge in [0.05, 0.1) is 0 Å². The molecule has 21 heavy (non-hydrogen) atoms. The van der Waals surface area contributed by atoms with E-state index < -0.39 is 11.5 Å². The number of nitriles is 2. The van der Waals surface area contributed by atoms with Crippen LogP contribution >= 0.6 is 0 Å². The van der Waals surface area contributed by atoms with Gasteiger partial charge in [0.25, 0.3) is 5.88 Å². The standard InChI is InChI=1S/C13H8N4O4/c1-8-3-2-4-17-10(5-9(6-14)13(18)19)12(16-11(8)17)21-20-7-15/h2-5H,1H3,(H,18,19). The Kier molecular flexibility index (Phi) is 3.73. The molecular formula is C13H8N4O4. The lowest BCUT2D eigenvalue weighted by Crippen LogP contribution is -2.00. The van der Waals surface area contributed by atoms with Crippen LogP contribution in [-0.4, -0.2) is 20.5 Å².